The molecule has 2 amide bonds. The SMILES string of the molecule is CC(C)N1C(=O)NCC1c1cccc(-c2cccc(S(C)(=O)=O)c2)c1. The van der Waals surface area contributed by atoms with E-state index in [0.29, 0.717) is 11.4 Å². The highest BCUT2D eigenvalue weighted by Crippen LogP contribution is 2.30. The first kappa shape index (κ1) is 17.5. The number of sulfone groups is 1. The minimum Gasteiger partial charge on any atom is -0.336 e. The molecular formula is C19H22N2O3S. The fraction of sp³-hybridized carbons (Fsp3) is 0.316. The van der Waals surface area contributed by atoms with Gasteiger partial charge in [0.1, 0.15) is 0 Å². The molecule has 0 radical (unpaired) electrons. The molecule has 6 heteroatoms. The maximum absolute atomic E-state index is 12.1. The summed E-state index contributed by atoms with van der Waals surface area (Å²) in [6.45, 7) is 4.57. The lowest BCUT2D eigenvalue weighted by atomic mass is 9.99. The second-order valence-electron chi connectivity index (χ2n) is 6.63. The maximum atomic E-state index is 12.1. The van der Waals surface area contributed by atoms with Crippen LogP contribution in [0, 0.1) is 0 Å². The van der Waals surface area contributed by atoms with Crippen molar-refractivity contribution in [2.24, 2.45) is 0 Å². The van der Waals surface area contributed by atoms with Gasteiger partial charge in [0.25, 0.3) is 0 Å². The van der Waals surface area contributed by atoms with E-state index in [0.717, 1.165) is 16.7 Å². The lowest BCUT2D eigenvalue weighted by Crippen LogP contribution is -2.35. The van der Waals surface area contributed by atoms with Gasteiger partial charge in [-0.2, -0.15) is 0 Å². The Morgan fingerprint density at radius 1 is 1.08 bits per heavy atom. The predicted octanol–water partition coefficient (Wildman–Crippen LogP) is 3.23. The van der Waals surface area contributed by atoms with Crippen molar-refractivity contribution in [1.82, 2.24) is 10.2 Å². The van der Waals surface area contributed by atoms with Crippen LogP contribution in [0.3, 0.4) is 0 Å². The molecule has 1 saturated heterocycles. The lowest BCUT2D eigenvalue weighted by Gasteiger charge is -2.27. The van der Waals surface area contributed by atoms with Crippen LogP contribution in [0.2, 0.25) is 0 Å². The largest absolute Gasteiger partial charge is 0.336 e. The zero-order chi connectivity index (χ0) is 18.2. The Kier molecular flexibility index (Phi) is 4.56. The molecule has 25 heavy (non-hydrogen) atoms. The minimum absolute atomic E-state index is 0.0226. The summed E-state index contributed by atoms with van der Waals surface area (Å²) < 4.78 is 23.6. The third-order valence-electron chi connectivity index (χ3n) is 4.44. The van der Waals surface area contributed by atoms with Crippen LogP contribution in [-0.2, 0) is 9.84 Å². The molecule has 0 aromatic heterocycles. The number of carbonyl (C=O) groups excluding carboxylic acids is 1. The fourth-order valence-corrected chi connectivity index (χ4v) is 3.89. The van der Waals surface area contributed by atoms with Crippen molar-refractivity contribution >= 4 is 15.9 Å². The zero-order valence-electron chi connectivity index (χ0n) is 14.6. The summed E-state index contributed by atoms with van der Waals surface area (Å²) in [6.07, 6.45) is 1.21. The molecule has 1 aliphatic rings. The summed E-state index contributed by atoms with van der Waals surface area (Å²) >= 11 is 0. The molecule has 0 bridgehead atoms. The summed E-state index contributed by atoms with van der Waals surface area (Å²) in [5.41, 5.74) is 2.82. The monoisotopic (exact) mass is 358 g/mol. The van der Waals surface area contributed by atoms with Gasteiger partial charge >= 0.3 is 6.03 Å². The predicted molar refractivity (Wildman–Crippen MR) is 98.1 cm³/mol. The van der Waals surface area contributed by atoms with Crippen molar-refractivity contribution in [3.63, 3.8) is 0 Å². The number of amides is 2. The van der Waals surface area contributed by atoms with E-state index >= 15 is 0 Å². The molecule has 1 heterocycles. The summed E-state index contributed by atoms with van der Waals surface area (Å²) in [7, 11) is -3.25. The summed E-state index contributed by atoms with van der Waals surface area (Å²) in [5.74, 6) is 0. The third-order valence-corrected chi connectivity index (χ3v) is 5.55. The highest BCUT2D eigenvalue weighted by Gasteiger charge is 2.33. The van der Waals surface area contributed by atoms with E-state index in [2.05, 4.69) is 5.32 Å². The summed E-state index contributed by atoms with van der Waals surface area (Å²) in [4.78, 5) is 14.2. The number of benzene rings is 2. The number of nitrogens with one attached hydrogen (secondary N) is 1. The standard InChI is InChI=1S/C19H22N2O3S/c1-13(2)21-18(12-20-19(21)22)16-8-4-6-14(10-16)15-7-5-9-17(11-15)25(3,23)24/h4-11,13,18H,12H2,1-3H3,(H,20,22). The smallest absolute Gasteiger partial charge is 0.318 e. The molecule has 0 saturated carbocycles. The third kappa shape index (κ3) is 3.54. The summed E-state index contributed by atoms with van der Waals surface area (Å²) in [6, 6.07) is 14.9. The average molecular weight is 358 g/mol. The molecule has 1 atom stereocenters. The van der Waals surface area contributed by atoms with Crippen molar-refractivity contribution < 1.29 is 13.2 Å². The first-order valence-electron chi connectivity index (χ1n) is 8.24. The molecule has 2 aromatic carbocycles. The Morgan fingerprint density at radius 2 is 1.72 bits per heavy atom. The van der Waals surface area contributed by atoms with Gasteiger partial charge in [-0.05, 0) is 48.7 Å². The highest BCUT2D eigenvalue weighted by atomic mass is 32.2. The van der Waals surface area contributed by atoms with Crippen molar-refractivity contribution in [3.8, 4) is 11.1 Å². The Morgan fingerprint density at radius 3 is 2.36 bits per heavy atom. The van der Waals surface area contributed by atoms with E-state index in [-0.39, 0.29) is 18.1 Å². The molecule has 1 aliphatic heterocycles. The van der Waals surface area contributed by atoms with E-state index in [1.54, 1.807) is 18.2 Å². The van der Waals surface area contributed by atoms with Crippen molar-refractivity contribution in [2.45, 2.75) is 30.8 Å². The van der Waals surface area contributed by atoms with Gasteiger partial charge in [-0.3, -0.25) is 0 Å². The molecule has 132 valence electrons. The van der Waals surface area contributed by atoms with E-state index in [4.69, 9.17) is 0 Å². The van der Waals surface area contributed by atoms with Gasteiger partial charge < -0.3 is 10.2 Å². The molecule has 5 nitrogen and oxygen atoms in total. The molecule has 3 rings (SSSR count). The number of hydrogen-bond acceptors (Lipinski definition) is 3. The summed E-state index contributed by atoms with van der Waals surface area (Å²) in [5, 5.41) is 2.90. The van der Waals surface area contributed by atoms with Gasteiger partial charge in [0.05, 0.1) is 10.9 Å². The van der Waals surface area contributed by atoms with Crippen LogP contribution < -0.4 is 5.32 Å². The van der Waals surface area contributed by atoms with Crippen LogP contribution in [0.1, 0.15) is 25.5 Å². The van der Waals surface area contributed by atoms with Gasteiger partial charge in [-0.15, -0.1) is 0 Å². The van der Waals surface area contributed by atoms with Crippen molar-refractivity contribution in [1.29, 1.82) is 0 Å². The zero-order valence-corrected chi connectivity index (χ0v) is 15.4. The molecule has 0 spiro atoms. The van der Waals surface area contributed by atoms with Crippen molar-refractivity contribution in [2.75, 3.05) is 12.8 Å². The van der Waals surface area contributed by atoms with Crippen LogP contribution in [0.25, 0.3) is 11.1 Å². The number of urea groups is 1. The second-order valence-corrected chi connectivity index (χ2v) is 8.64. The lowest BCUT2D eigenvalue weighted by molar-refractivity contribution is 0.187. The average Bonchev–Trinajstić information content (AvgIpc) is 2.96. The van der Waals surface area contributed by atoms with E-state index in [1.165, 1.54) is 6.26 Å². The van der Waals surface area contributed by atoms with Crippen LogP contribution in [0.4, 0.5) is 4.79 Å². The van der Waals surface area contributed by atoms with Gasteiger partial charge in [0.15, 0.2) is 9.84 Å². The molecule has 1 fully saturated rings. The molecule has 0 aliphatic carbocycles. The minimum atomic E-state index is -3.25. The van der Waals surface area contributed by atoms with Crippen LogP contribution in [0.15, 0.2) is 53.4 Å². The number of carbonyl (C=O) groups is 1. The topological polar surface area (TPSA) is 66.5 Å². The maximum Gasteiger partial charge on any atom is 0.318 e. The Bertz CT molecular complexity index is 906. The van der Waals surface area contributed by atoms with Crippen molar-refractivity contribution in [3.05, 3.63) is 54.1 Å². The van der Waals surface area contributed by atoms with Crippen LogP contribution in [0.5, 0.6) is 0 Å². The molecule has 1 unspecified atom stereocenters. The van der Waals surface area contributed by atoms with Gasteiger partial charge in [-0.1, -0.05) is 30.3 Å². The Labute approximate surface area is 148 Å². The second kappa shape index (κ2) is 6.52. The van der Waals surface area contributed by atoms with Crippen LogP contribution >= 0.6 is 0 Å². The fourth-order valence-electron chi connectivity index (χ4n) is 3.22. The Hall–Kier alpha value is -2.34. The van der Waals surface area contributed by atoms with E-state index < -0.39 is 9.84 Å². The van der Waals surface area contributed by atoms with Gasteiger partial charge in [0.2, 0.25) is 0 Å². The van der Waals surface area contributed by atoms with Crippen LogP contribution in [-0.4, -0.2) is 38.2 Å². The molecular weight excluding hydrogens is 336 g/mol. The normalized spacial score (nSPS) is 17.8. The van der Waals surface area contributed by atoms with Gasteiger partial charge in [0, 0.05) is 18.8 Å². The first-order chi connectivity index (χ1) is 11.8. The quantitative estimate of drug-likeness (QED) is 0.912. The van der Waals surface area contributed by atoms with Gasteiger partial charge in [-0.25, -0.2) is 13.2 Å². The van der Waals surface area contributed by atoms with E-state index in [1.807, 2.05) is 49.1 Å². The Balaban J connectivity index is 1.99. The van der Waals surface area contributed by atoms with E-state index in [9.17, 15) is 13.2 Å². The molecule has 2 aromatic rings. The number of rotatable bonds is 4. The highest BCUT2D eigenvalue weighted by molar-refractivity contribution is 7.90. The number of nitrogens with zero attached hydrogens (tertiary/aromatic N) is 1. The first-order valence-corrected chi connectivity index (χ1v) is 10.1. The number of hydrogen-bond donors (Lipinski definition) is 1. The molecule has 1 N–H and O–H groups in total.